The van der Waals surface area contributed by atoms with E-state index < -0.39 is 0 Å². The van der Waals surface area contributed by atoms with Gasteiger partial charge in [-0.1, -0.05) is 26.3 Å². The van der Waals surface area contributed by atoms with Crippen molar-refractivity contribution < 1.29 is 4.42 Å². The van der Waals surface area contributed by atoms with Crippen LogP contribution in [0.4, 0.5) is 0 Å². The van der Waals surface area contributed by atoms with Crippen molar-refractivity contribution in [1.82, 2.24) is 19.9 Å². The highest BCUT2D eigenvalue weighted by Crippen LogP contribution is 2.24. The van der Waals surface area contributed by atoms with Gasteiger partial charge in [0.2, 0.25) is 0 Å². The average molecular weight is 312 g/mol. The van der Waals surface area contributed by atoms with E-state index in [1.165, 1.54) is 0 Å². The maximum Gasteiger partial charge on any atom is 0.160 e. The molecule has 0 aliphatic heterocycles. The van der Waals surface area contributed by atoms with Crippen molar-refractivity contribution in [1.29, 1.82) is 0 Å². The van der Waals surface area contributed by atoms with E-state index in [0.29, 0.717) is 0 Å². The van der Waals surface area contributed by atoms with Crippen LogP contribution in [0.5, 0.6) is 0 Å². The van der Waals surface area contributed by atoms with Gasteiger partial charge in [0.05, 0.1) is 12.1 Å². The first kappa shape index (κ1) is 15.7. The van der Waals surface area contributed by atoms with Crippen LogP contribution in [-0.2, 0) is 6.42 Å². The molecule has 0 aliphatic rings. The number of pyridine rings is 1. The third kappa shape index (κ3) is 3.29. The number of hydrogen-bond acceptors (Lipinski definition) is 4. The van der Waals surface area contributed by atoms with Crippen LogP contribution < -0.4 is 5.32 Å². The zero-order chi connectivity index (χ0) is 16.2. The maximum atomic E-state index is 5.87. The second-order valence-electron chi connectivity index (χ2n) is 5.87. The first-order chi connectivity index (χ1) is 11.2. The van der Waals surface area contributed by atoms with Crippen LogP contribution in [0.25, 0.3) is 5.65 Å². The Morgan fingerprint density at radius 3 is 2.78 bits per heavy atom. The molecule has 5 nitrogen and oxygen atoms in total. The Balaban J connectivity index is 1.83. The molecule has 0 aromatic carbocycles. The summed E-state index contributed by atoms with van der Waals surface area (Å²) in [5.41, 5.74) is 0.879. The third-order valence-electron chi connectivity index (χ3n) is 4.14. The quantitative estimate of drug-likeness (QED) is 0.714. The lowest BCUT2D eigenvalue weighted by atomic mass is 10.1. The van der Waals surface area contributed by atoms with E-state index in [1.807, 2.05) is 24.4 Å². The van der Waals surface area contributed by atoms with E-state index in [4.69, 9.17) is 4.42 Å². The Morgan fingerprint density at radius 1 is 1.17 bits per heavy atom. The molecule has 0 fully saturated rings. The number of rotatable bonds is 7. The fraction of sp³-hybridized carbons (Fsp3) is 0.444. The zero-order valence-corrected chi connectivity index (χ0v) is 14.0. The van der Waals surface area contributed by atoms with Gasteiger partial charge in [0.25, 0.3) is 0 Å². The molecule has 0 spiro atoms. The number of nitrogens with zero attached hydrogens (tertiary/aromatic N) is 3. The molecule has 1 N–H and O–H groups in total. The number of furan rings is 1. The second kappa shape index (κ2) is 6.96. The SMILES string of the molecule is CCC[C@H](N[C@H](C)c1ccc(CC)o1)c1nnc2ccccn12. The minimum atomic E-state index is 0.128. The Morgan fingerprint density at radius 2 is 2.04 bits per heavy atom. The van der Waals surface area contributed by atoms with Gasteiger partial charge in [0.1, 0.15) is 11.5 Å². The van der Waals surface area contributed by atoms with Crippen LogP contribution in [0.15, 0.2) is 40.9 Å². The number of aryl methyl sites for hydroxylation is 1. The van der Waals surface area contributed by atoms with Gasteiger partial charge in [-0.15, -0.1) is 10.2 Å². The minimum Gasteiger partial charge on any atom is -0.464 e. The molecule has 0 amide bonds. The lowest BCUT2D eigenvalue weighted by Gasteiger charge is -2.20. The van der Waals surface area contributed by atoms with Crippen molar-refractivity contribution in [2.75, 3.05) is 0 Å². The maximum absolute atomic E-state index is 5.87. The largest absolute Gasteiger partial charge is 0.464 e. The minimum absolute atomic E-state index is 0.128. The lowest BCUT2D eigenvalue weighted by molar-refractivity contribution is 0.359. The predicted molar refractivity (Wildman–Crippen MR) is 90.3 cm³/mol. The summed E-state index contributed by atoms with van der Waals surface area (Å²) in [6, 6.07) is 10.3. The average Bonchev–Trinajstić information content (AvgIpc) is 3.21. The highest BCUT2D eigenvalue weighted by atomic mass is 16.3. The Labute approximate surface area is 136 Å². The van der Waals surface area contributed by atoms with Gasteiger partial charge in [0.15, 0.2) is 11.5 Å². The Kier molecular flexibility index (Phi) is 4.76. The van der Waals surface area contributed by atoms with Crippen LogP contribution >= 0.6 is 0 Å². The van der Waals surface area contributed by atoms with E-state index in [9.17, 15) is 0 Å². The first-order valence-electron chi connectivity index (χ1n) is 8.37. The van der Waals surface area contributed by atoms with Gasteiger partial charge >= 0.3 is 0 Å². The summed E-state index contributed by atoms with van der Waals surface area (Å²) in [4.78, 5) is 0. The number of hydrogen-bond donors (Lipinski definition) is 1. The summed E-state index contributed by atoms with van der Waals surface area (Å²) in [5.74, 6) is 2.95. The summed E-state index contributed by atoms with van der Waals surface area (Å²) in [6.07, 6.45) is 5.01. The topological polar surface area (TPSA) is 55.4 Å². The van der Waals surface area contributed by atoms with Crippen LogP contribution in [-0.4, -0.2) is 14.6 Å². The molecule has 0 aliphatic carbocycles. The number of nitrogens with one attached hydrogen (secondary N) is 1. The molecule has 0 radical (unpaired) electrons. The highest BCUT2D eigenvalue weighted by Gasteiger charge is 2.21. The Hall–Kier alpha value is -2.14. The molecule has 23 heavy (non-hydrogen) atoms. The van der Waals surface area contributed by atoms with Crippen LogP contribution in [0.2, 0.25) is 0 Å². The normalized spacial score (nSPS) is 14.2. The Bertz CT molecular complexity index is 761. The summed E-state index contributed by atoms with van der Waals surface area (Å²) in [7, 11) is 0. The van der Waals surface area contributed by atoms with E-state index in [-0.39, 0.29) is 12.1 Å². The standard InChI is InChI=1S/C18H24N4O/c1-4-8-15(18-21-20-17-9-6-7-12-22(17)18)19-13(3)16-11-10-14(5-2)23-16/h6-7,9-13,15,19H,4-5,8H2,1-3H3/t13-,15+/m1/s1. The number of aromatic nitrogens is 3. The molecule has 3 aromatic heterocycles. The lowest BCUT2D eigenvalue weighted by Crippen LogP contribution is -2.26. The van der Waals surface area contributed by atoms with Crippen LogP contribution in [0.3, 0.4) is 0 Å². The molecular formula is C18H24N4O. The van der Waals surface area contributed by atoms with Crippen molar-refractivity contribution in [2.45, 2.75) is 52.1 Å². The van der Waals surface area contributed by atoms with Gasteiger partial charge in [-0.05, 0) is 37.6 Å². The molecule has 3 aromatic rings. The van der Waals surface area contributed by atoms with Crippen molar-refractivity contribution in [3.05, 3.63) is 53.9 Å². The van der Waals surface area contributed by atoms with Crippen molar-refractivity contribution >= 4 is 5.65 Å². The smallest absolute Gasteiger partial charge is 0.160 e. The first-order valence-corrected chi connectivity index (χ1v) is 8.37. The van der Waals surface area contributed by atoms with Gasteiger partial charge < -0.3 is 4.42 Å². The van der Waals surface area contributed by atoms with E-state index >= 15 is 0 Å². The van der Waals surface area contributed by atoms with Gasteiger partial charge in [-0.2, -0.15) is 0 Å². The second-order valence-corrected chi connectivity index (χ2v) is 5.87. The molecule has 0 bridgehead atoms. The van der Waals surface area contributed by atoms with Crippen molar-refractivity contribution in [3.8, 4) is 0 Å². The summed E-state index contributed by atoms with van der Waals surface area (Å²) in [5, 5.41) is 12.3. The molecule has 2 atom stereocenters. The molecule has 0 unspecified atom stereocenters. The molecule has 5 heteroatoms. The van der Waals surface area contributed by atoms with Gasteiger partial charge in [0, 0.05) is 12.6 Å². The summed E-state index contributed by atoms with van der Waals surface area (Å²) in [6.45, 7) is 6.41. The van der Waals surface area contributed by atoms with Crippen molar-refractivity contribution in [2.24, 2.45) is 0 Å². The summed E-state index contributed by atoms with van der Waals surface area (Å²) >= 11 is 0. The molecular weight excluding hydrogens is 288 g/mol. The molecule has 0 saturated heterocycles. The van der Waals surface area contributed by atoms with Crippen LogP contribution in [0.1, 0.15) is 63.0 Å². The molecule has 3 rings (SSSR count). The molecule has 0 saturated carbocycles. The van der Waals surface area contributed by atoms with Crippen molar-refractivity contribution in [3.63, 3.8) is 0 Å². The fourth-order valence-corrected chi connectivity index (χ4v) is 2.87. The van der Waals surface area contributed by atoms with E-state index in [0.717, 1.165) is 42.3 Å². The third-order valence-corrected chi connectivity index (χ3v) is 4.14. The zero-order valence-electron chi connectivity index (χ0n) is 14.0. The highest BCUT2D eigenvalue weighted by molar-refractivity contribution is 5.37. The van der Waals surface area contributed by atoms with Crippen LogP contribution in [0, 0.1) is 0 Å². The van der Waals surface area contributed by atoms with E-state index in [1.54, 1.807) is 0 Å². The molecule has 122 valence electrons. The predicted octanol–water partition coefficient (Wildman–Crippen LogP) is 4.08. The van der Waals surface area contributed by atoms with Gasteiger partial charge in [-0.3, -0.25) is 9.72 Å². The van der Waals surface area contributed by atoms with Gasteiger partial charge in [-0.25, -0.2) is 0 Å². The molecule has 3 heterocycles. The fourth-order valence-electron chi connectivity index (χ4n) is 2.87. The number of fused-ring (bicyclic) bond motifs is 1. The van der Waals surface area contributed by atoms with E-state index in [2.05, 4.69) is 52.8 Å². The summed E-state index contributed by atoms with van der Waals surface area (Å²) < 4.78 is 7.93. The monoisotopic (exact) mass is 312 g/mol.